The summed E-state index contributed by atoms with van der Waals surface area (Å²) in [6.45, 7) is 5.38. The first-order valence-electron chi connectivity index (χ1n) is 14.4. The monoisotopic (exact) mass is 610 g/mol. The first-order valence-corrected chi connectivity index (χ1v) is 14.4. The van der Waals surface area contributed by atoms with Crippen LogP contribution in [0.1, 0.15) is 47.3 Å². The Balaban J connectivity index is 1.18. The molecule has 0 aromatic carbocycles. The van der Waals surface area contributed by atoms with Crippen LogP contribution in [-0.4, -0.2) is 79.6 Å². The number of aromatic nitrogens is 4. The summed E-state index contributed by atoms with van der Waals surface area (Å²) in [4.78, 5) is 32.9. The first kappa shape index (κ1) is 29.8. The Kier molecular flexibility index (Phi) is 7.93. The normalized spacial score (nSPS) is 20.9. The van der Waals surface area contributed by atoms with Gasteiger partial charge in [-0.1, -0.05) is 6.92 Å². The summed E-state index contributed by atoms with van der Waals surface area (Å²) >= 11 is 0. The number of amides is 1. The zero-order chi connectivity index (χ0) is 31.2. The molecule has 10 nitrogen and oxygen atoms in total. The third kappa shape index (κ3) is 6.20. The van der Waals surface area contributed by atoms with Crippen molar-refractivity contribution < 1.29 is 32.5 Å². The van der Waals surface area contributed by atoms with Crippen LogP contribution < -0.4 is 9.47 Å². The third-order valence-corrected chi connectivity index (χ3v) is 8.06. The molecule has 3 atom stereocenters. The number of carbonyl (C=O) groups is 1. The maximum absolute atomic E-state index is 14.0. The number of carbonyl (C=O) groups excluding carboxylic acids is 1. The molecule has 2 N–H and O–H groups in total. The number of aliphatic hydroxyl groups excluding tert-OH is 1. The summed E-state index contributed by atoms with van der Waals surface area (Å²) in [5, 5.41) is 11.1. The number of fused-ring (bicyclic) bond motifs is 2. The lowest BCUT2D eigenvalue weighted by Gasteiger charge is -2.34. The summed E-state index contributed by atoms with van der Waals surface area (Å²) in [5.74, 6) is 0.103. The molecular weight excluding hydrogens is 577 g/mol. The van der Waals surface area contributed by atoms with Crippen molar-refractivity contribution in [1.29, 1.82) is 0 Å². The van der Waals surface area contributed by atoms with Crippen LogP contribution in [0.5, 0.6) is 17.4 Å². The number of likely N-dealkylation sites (N-methyl/N-ethyl adjacent to an activating group) is 1. The molecule has 13 heteroatoms. The SMILES string of the molecule is Cc1cc2c(Oc3cnc4c(c3)CN(C(=O)Cc3cnc(OC5CCN(C)CC5O)c(C(F)(F)F)c3)CC4C)ccnc2[nH]1. The molecule has 6 rings (SSSR count). The quantitative estimate of drug-likeness (QED) is 0.325. The number of aromatic amines is 1. The van der Waals surface area contributed by atoms with Crippen molar-refractivity contribution in [2.75, 3.05) is 26.7 Å². The van der Waals surface area contributed by atoms with Gasteiger partial charge in [-0.05, 0) is 55.8 Å². The van der Waals surface area contributed by atoms with Gasteiger partial charge in [0, 0.05) is 50.2 Å². The molecule has 6 heterocycles. The Morgan fingerprint density at radius 2 is 1.98 bits per heavy atom. The van der Waals surface area contributed by atoms with E-state index in [0.717, 1.165) is 28.4 Å². The van der Waals surface area contributed by atoms with Gasteiger partial charge >= 0.3 is 6.18 Å². The minimum atomic E-state index is -4.75. The van der Waals surface area contributed by atoms with Crippen LogP contribution in [0.25, 0.3) is 11.0 Å². The van der Waals surface area contributed by atoms with E-state index in [1.807, 2.05) is 37.9 Å². The number of rotatable bonds is 6. The van der Waals surface area contributed by atoms with E-state index in [1.54, 1.807) is 23.4 Å². The van der Waals surface area contributed by atoms with E-state index in [4.69, 9.17) is 9.47 Å². The highest BCUT2D eigenvalue weighted by Crippen LogP contribution is 2.37. The lowest BCUT2D eigenvalue weighted by molar-refractivity contribution is -0.141. The second-order valence-corrected chi connectivity index (χ2v) is 11.7. The molecule has 0 spiro atoms. The molecule has 1 amide bonds. The smallest absolute Gasteiger partial charge is 0.421 e. The Bertz CT molecular complexity index is 1690. The molecule has 0 radical (unpaired) electrons. The largest absolute Gasteiger partial charge is 0.471 e. The van der Waals surface area contributed by atoms with E-state index in [1.165, 1.54) is 6.20 Å². The number of aryl methyl sites for hydroxylation is 1. The zero-order valence-electron chi connectivity index (χ0n) is 24.6. The number of alkyl halides is 3. The first-order chi connectivity index (χ1) is 20.9. The summed E-state index contributed by atoms with van der Waals surface area (Å²) in [6, 6.07) is 6.47. The number of pyridine rings is 3. The van der Waals surface area contributed by atoms with Crippen molar-refractivity contribution in [3.63, 3.8) is 0 Å². The minimum absolute atomic E-state index is 0.0858. The van der Waals surface area contributed by atoms with E-state index in [0.29, 0.717) is 43.2 Å². The molecule has 0 bridgehead atoms. The van der Waals surface area contributed by atoms with Gasteiger partial charge in [-0.3, -0.25) is 9.78 Å². The highest BCUT2D eigenvalue weighted by atomic mass is 19.4. The van der Waals surface area contributed by atoms with E-state index in [-0.39, 0.29) is 30.4 Å². The number of hydrogen-bond acceptors (Lipinski definition) is 8. The van der Waals surface area contributed by atoms with Crippen molar-refractivity contribution in [3.8, 4) is 17.4 Å². The van der Waals surface area contributed by atoms with E-state index >= 15 is 0 Å². The van der Waals surface area contributed by atoms with Crippen molar-refractivity contribution >= 4 is 16.9 Å². The van der Waals surface area contributed by atoms with Crippen LogP contribution in [0.15, 0.2) is 42.9 Å². The Labute approximate surface area is 251 Å². The van der Waals surface area contributed by atoms with Crippen molar-refractivity contribution in [2.24, 2.45) is 0 Å². The average molecular weight is 611 g/mol. The van der Waals surface area contributed by atoms with Crippen LogP contribution in [0.4, 0.5) is 13.2 Å². The Morgan fingerprint density at radius 1 is 1.16 bits per heavy atom. The number of halogens is 3. The summed E-state index contributed by atoms with van der Waals surface area (Å²) in [6.07, 6.45) is -1.86. The number of likely N-dealkylation sites (tertiary alicyclic amines) is 1. The summed E-state index contributed by atoms with van der Waals surface area (Å²) < 4.78 is 53.8. The van der Waals surface area contributed by atoms with Crippen molar-refractivity contribution in [2.45, 2.75) is 57.5 Å². The molecule has 2 aliphatic rings. The van der Waals surface area contributed by atoms with Gasteiger partial charge in [0.2, 0.25) is 11.8 Å². The van der Waals surface area contributed by atoms with E-state index in [9.17, 15) is 23.1 Å². The maximum Gasteiger partial charge on any atom is 0.421 e. The molecule has 4 aromatic heterocycles. The van der Waals surface area contributed by atoms with Crippen LogP contribution in [-0.2, 0) is 23.9 Å². The number of hydrogen-bond donors (Lipinski definition) is 2. The predicted molar refractivity (Wildman–Crippen MR) is 154 cm³/mol. The highest BCUT2D eigenvalue weighted by molar-refractivity contribution is 5.83. The predicted octanol–water partition coefficient (Wildman–Crippen LogP) is 4.60. The number of ether oxygens (including phenoxy) is 2. The van der Waals surface area contributed by atoms with Gasteiger partial charge in [0.25, 0.3) is 0 Å². The van der Waals surface area contributed by atoms with Gasteiger partial charge in [0.05, 0.1) is 23.7 Å². The van der Waals surface area contributed by atoms with Crippen LogP contribution in [0.2, 0.25) is 0 Å². The highest BCUT2D eigenvalue weighted by Gasteiger charge is 2.38. The standard InChI is InChI=1S/C31H33F3N6O4/c1-17-14-40(15-20-11-21(13-36-28(17)20)43-25-4-6-35-29-22(25)8-18(2)38-29)27(42)10-19-9-23(31(32,33)34)30(37-12-19)44-26-5-7-39(3)16-24(26)41/h4,6,8-9,11-13,17,24,26,41H,5,7,10,14-16H2,1-3H3,(H,35,38). The summed E-state index contributed by atoms with van der Waals surface area (Å²) in [5.41, 5.74) is 2.36. The number of nitrogens with zero attached hydrogens (tertiary/aromatic N) is 5. The van der Waals surface area contributed by atoms with Gasteiger partial charge < -0.3 is 29.4 Å². The second-order valence-electron chi connectivity index (χ2n) is 11.7. The summed E-state index contributed by atoms with van der Waals surface area (Å²) in [7, 11) is 1.82. The Hall–Kier alpha value is -4.23. The molecule has 4 aromatic rings. The van der Waals surface area contributed by atoms with Crippen molar-refractivity contribution in [1.82, 2.24) is 29.7 Å². The number of H-pyrrole nitrogens is 1. The van der Waals surface area contributed by atoms with Crippen LogP contribution >= 0.6 is 0 Å². The molecular formula is C31H33F3N6O4. The fourth-order valence-electron chi connectivity index (χ4n) is 5.88. The molecule has 44 heavy (non-hydrogen) atoms. The molecule has 0 aliphatic carbocycles. The maximum atomic E-state index is 14.0. The Morgan fingerprint density at radius 3 is 2.75 bits per heavy atom. The minimum Gasteiger partial charge on any atom is -0.471 e. The van der Waals surface area contributed by atoms with Crippen molar-refractivity contribution in [3.05, 3.63) is 70.9 Å². The zero-order valence-corrected chi connectivity index (χ0v) is 24.6. The van der Waals surface area contributed by atoms with E-state index < -0.39 is 29.8 Å². The molecule has 3 unspecified atom stereocenters. The fourth-order valence-corrected chi connectivity index (χ4v) is 5.88. The van der Waals surface area contributed by atoms with Gasteiger partial charge in [0.1, 0.15) is 34.9 Å². The number of β-amino-alcohol motifs (C(OH)–C–C–N with tert-alkyl or cyclic N) is 1. The molecule has 1 saturated heterocycles. The van der Waals surface area contributed by atoms with E-state index in [2.05, 4.69) is 19.9 Å². The topological polar surface area (TPSA) is 117 Å². The van der Waals surface area contributed by atoms with Gasteiger partial charge in [-0.25, -0.2) is 9.97 Å². The number of aliphatic hydroxyl groups is 1. The molecule has 2 aliphatic heterocycles. The fraction of sp³-hybridized carbons (Fsp3) is 0.419. The van der Waals surface area contributed by atoms with Gasteiger partial charge in [-0.2, -0.15) is 13.2 Å². The average Bonchev–Trinajstić information content (AvgIpc) is 3.35. The second kappa shape index (κ2) is 11.7. The number of piperidine rings is 1. The van der Waals surface area contributed by atoms with Gasteiger partial charge in [0.15, 0.2) is 0 Å². The lowest BCUT2D eigenvalue weighted by Crippen LogP contribution is -2.47. The molecule has 1 fully saturated rings. The molecule has 232 valence electrons. The molecule has 0 saturated carbocycles. The lowest BCUT2D eigenvalue weighted by atomic mass is 9.95. The van der Waals surface area contributed by atoms with Gasteiger partial charge in [-0.15, -0.1) is 0 Å². The van der Waals surface area contributed by atoms with Crippen LogP contribution in [0.3, 0.4) is 0 Å². The third-order valence-electron chi connectivity index (χ3n) is 8.06. The number of nitrogens with one attached hydrogen (secondary N) is 1. The van der Waals surface area contributed by atoms with Crippen LogP contribution in [0, 0.1) is 6.92 Å².